The van der Waals surface area contributed by atoms with E-state index in [-0.39, 0.29) is 33.0 Å². The molecular formula is C51H55F2N3O12. The van der Waals surface area contributed by atoms with Gasteiger partial charge in [0.2, 0.25) is 5.91 Å². The molecule has 15 nitrogen and oxygen atoms in total. The topological polar surface area (TPSA) is 189 Å². The van der Waals surface area contributed by atoms with Gasteiger partial charge in [0.05, 0.1) is 40.1 Å². The van der Waals surface area contributed by atoms with Crippen LogP contribution >= 0.6 is 0 Å². The average Bonchev–Trinajstić information content (AvgIpc) is 3.36. The van der Waals surface area contributed by atoms with Crippen molar-refractivity contribution in [1.82, 2.24) is 16.0 Å². The molecule has 1 aliphatic rings. The zero-order valence-electron chi connectivity index (χ0n) is 37.5. The third kappa shape index (κ3) is 14.0. The highest BCUT2D eigenvalue weighted by atomic mass is 19.3. The lowest BCUT2D eigenvalue weighted by Crippen LogP contribution is -2.75. The summed E-state index contributed by atoms with van der Waals surface area (Å²) in [7, 11) is 0.986. The van der Waals surface area contributed by atoms with Gasteiger partial charge in [0.25, 0.3) is 11.7 Å². The lowest BCUT2D eigenvalue weighted by atomic mass is 9.87. The first kappa shape index (κ1) is 50.8. The summed E-state index contributed by atoms with van der Waals surface area (Å²) in [6.07, 6.45) is -7.41. The molecule has 1 aliphatic heterocycles. The number of nitrogens with one attached hydrogen (secondary N) is 3. The van der Waals surface area contributed by atoms with E-state index < -0.39 is 85.2 Å². The zero-order chi connectivity index (χ0) is 48.4. The van der Waals surface area contributed by atoms with E-state index in [1.807, 2.05) is 41.7 Å². The van der Waals surface area contributed by atoms with Gasteiger partial charge in [-0.3, -0.25) is 9.59 Å². The first-order chi connectivity index (χ1) is 32.9. The highest BCUT2D eigenvalue weighted by Crippen LogP contribution is 2.44. The van der Waals surface area contributed by atoms with Crippen molar-refractivity contribution < 1.29 is 66.2 Å². The highest BCUT2D eigenvalue weighted by Gasteiger charge is 2.71. The molecule has 360 valence electrons. The predicted octanol–water partition coefficient (Wildman–Crippen LogP) is 5.77. The molecule has 1 heterocycles. The van der Waals surface area contributed by atoms with Crippen LogP contribution in [0.2, 0.25) is 0 Å². The number of halogens is 2. The zero-order valence-corrected chi connectivity index (χ0v) is 37.5. The Balaban J connectivity index is 1.27. The van der Waals surface area contributed by atoms with Crippen molar-refractivity contribution in [2.75, 3.05) is 20.3 Å². The molecule has 17 heteroatoms. The van der Waals surface area contributed by atoms with Crippen LogP contribution in [0.25, 0.3) is 0 Å². The van der Waals surface area contributed by atoms with Gasteiger partial charge in [-0.05, 0) is 34.7 Å². The molecule has 3 amide bonds. The second-order valence-electron chi connectivity index (χ2n) is 15.9. The van der Waals surface area contributed by atoms with E-state index in [0.29, 0.717) is 16.7 Å². The number of alkyl carbamates (subject to hydrolysis) is 1. The van der Waals surface area contributed by atoms with Crippen LogP contribution in [0.1, 0.15) is 34.7 Å². The van der Waals surface area contributed by atoms with E-state index in [2.05, 4.69) is 10.6 Å². The van der Waals surface area contributed by atoms with Gasteiger partial charge < -0.3 is 54.2 Å². The number of hydrogen-bond donors (Lipinski definition) is 4. The Bertz CT molecular complexity index is 2340. The summed E-state index contributed by atoms with van der Waals surface area (Å²) in [6, 6.07) is 41.2. The molecule has 0 unspecified atom stereocenters. The Kier molecular flexibility index (Phi) is 18.6. The average molecular weight is 940 g/mol. The molecule has 68 heavy (non-hydrogen) atoms. The number of esters is 1. The van der Waals surface area contributed by atoms with Crippen LogP contribution < -0.4 is 16.0 Å². The molecule has 5 aromatic carbocycles. The molecule has 0 spiro atoms. The molecule has 0 aromatic heterocycles. The smallest absolute Gasteiger partial charge is 0.408 e. The number of ether oxygens (including phenoxy) is 7. The molecule has 4 N–H and O–H groups in total. The fourth-order valence-electron chi connectivity index (χ4n) is 7.21. The van der Waals surface area contributed by atoms with E-state index in [1.54, 1.807) is 115 Å². The Labute approximate surface area is 393 Å². The molecule has 0 saturated carbocycles. The quantitative estimate of drug-likeness (QED) is 0.0580. The van der Waals surface area contributed by atoms with Crippen molar-refractivity contribution >= 4 is 23.9 Å². The van der Waals surface area contributed by atoms with Gasteiger partial charge in [-0.25, -0.2) is 9.59 Å². The number of methoxy groups -OCH3 is 1. The van der Waals surface area contributed by atoms with E-state index >= 15 is 8.78 Å². The van der Waals surface area contributed by atoms with Gasteiger partial charge in [-0.1, -0.05) is 152 Å². The number of alkyl halides is 2. The third-order valence-electron chi connectivity index (χ3n) is 10.9. The van der Waals surface area contributed by atoms with Crippen LogP contribution in [0, 0.1) is 0 Å². The predicted molar refractivity (Wildman–Crippen MR) is 242 cm³/mol. The van der Waals surface area contributed by atoms with Gasteiger partial charge in [-0.15, -0.1) is 0 Å². The second kappa shape index (κ2) is 25.0. The molecule has 5 aromatic rings. The summed E-state index contributed by atoms with van der Waals surface area (Å²) >= 11 is 0. The van der Waals surface area contributed by atoms with Gasteiger partial charge in [0.15, 0.2) is 0 Å². The summed E-state index contributed by atoms with van der Waals surface area (Å²) in [5.41, 5.74) is 3.35. The Hall–Kier alpha value is -6.60. The highest BCUT2D eigenvalue weighted by molar-refractivity contribution is 5.90. The second-order valence-corrected chi connectivity index (χ2v) is 15.9. The molecule has 7 atom stereocenters. The van der Waals surface area contributed by atoms with E-state index in [1.165, 1.54) is 6.92 Å². The van der Waals surface area contributed by atoms with Crippen molar-refractivity contribution in [3.63, 3.8) is 0 Å². The minimum Gasteiger partial charge on any atom is -0.467 e. The molecule has 0 bridgehead atoms. The molecule has 1 saturated heterocycles. The SMILES string of the molecule is COC(=O)[C@H](CNC(=O)C(F)(F)[C@]1(O)O[C@H](COCc2ccccc2)[C@H](OCc2ccccc2)[C@H](OCc2ccccc2)[C@H]1OCc1ccccc1)NC(=O)[C@@H](C)NC(=O)OCc1ccccc1. The summed E-state index contributed by atoms with van der Waals surface area (Å²) < 4.78 is 75.8. The van der Waals surface area contributed by atoms with Crippen LogP contribution in [0.3, 0.4) is 0 Å². The first-order valence-electron chi connectivity index (χ1n) is 21.9. The van der Waals surface area contributed by atoms with Crippen LogP contribution in [-0.4, -0.2) is 97.5 Å². The number of benzene rings is 5. The molecule has 1 fully saturated rings. The number of carbonyl (C=O) groups is 4. The van der Waals surface area contributed by atoms with Gasteiger partial charge in [0.1, 0.15) is 43.1 Å². The maximum absolute atomic E-state index is 17.3. The first-order valence-corrected chi connectivity index (χ1v) is 21.9. The van der Waals surface area contributed by atoms with Crippen LogP contribution in [0.4, 0.5) is 13.6 Å². The van der Waals surface area contributed by atoms with E-state index in [4.69, 9.17) is 33.2 Å². The number of aliphatic hydroxyl groups is 1. The lowest BCUT2D eigenvalue weighted by Gasteiger charge is -2.51. The van der Waals surface area contributed by atoms with E-state index in [9.17, 15) is 24.3 Å². The number of hydrogen-bond acceptors (Lipinski definition) is 12. The normalized spacial score (nSPS) is 20.0. The monoisotopic (exact) mass is 939 g/mol. The maximum Gasteiger partial charge on any atom is 0.408 e. The summed E-state index contributed by atoms with van der Waals surface area (Å²) in [5.74, 6) is -12.9. The maximum atomic E-state index is 17.3. The Morgan fingerprint density at radius 3 is 1.57 bits per heavy atom. The molecular weight excluding hydrogens is 885 g/mol. The minimum absolute atomic E-state index is 0.0224. The van der Waals surface area contributed by atoms with Crippen LogP contribution in [0.15, 0.2) is 152 Å². The lowest BCUT2D eigenvalue weighted by molar-refractivity contribution is -0.415. The van der Waals surface area contributed by atoms with Gasteiger partial charge >= 0.3 is 18.0 Å². The number of carbonyl (C=O) groups excluding carboxylic acids is 4. The van der Waals surface area contributed by atoms with Crippen molar-refractivity contribution in [3.05, 3.63) is 179 Å². The fraction of sp³-hybridized carbons (Fsp3) is 0.333. The largest absolute Gasteiger partial charge is 0.467 e. The van der Waals surface area contributed by atoms with Crippen molar-refractivity contribution in [1.29, 1.82) is 0 Å². The fourth-order valence-corrected chi connectivity index (χ4v) is 7.21. The molecule has 0 radical (unpaired) electrons. The molecule has 6 rings (SSSR count). The number of rotatable bonds is 23. The summed E-state index contributed by atoms with van der Waals surface area (Å²) in [5, 5.41) is 19.1. The van der Waals surface area contributed by atoms with Crippen LogP contribution in [-0.2, 0) is 80.6 Å². The Morgan fingerprint density at radius 2 is 1.09 bits per heavy atom. The molecule has 0 aliphatic carbocycles. The van der Waals surface area contributed by atoms with Gasteiger partial charge in [-0.2, -0.15) is 8.78 Å². The van der Waals surface area contributed by atoms with E-state index in [0.717, 1.165) is 18.2 Å². The minimum atomic E-state index is -4.88. The summed E-state index contributed by atoms with van der Waals surface area (Å²) in [6.45, 7) is -0.706. The van der Waals surface area contributed by atoms with Crippen molar-refractivity contribution in [2.45, 2.75) is 88.2 Å². The Morgan fingerprint density at radius 1 is 0.647 bits per heavy atom. The van der Waals surface area contributed by atoms with Gasteiger partial charge in [0, 0.05) is 6.54 Å². The third-order valence-corrected chi connectivity index (χ3v) is 10.9. The summed E-state index contributed by atoms with van der Waals surface area (Å²) in [4.78, 5) is 52.5. The standard InChI is InChI=1S/C51H55F2N3O12/c1-35(55-49(60)67-33-40-26-16-7-17-27-40)46(57)56-41(47(58)62-2)28-54-48(59)50(52,53)51(61)45(66-32-39-24-14-6-15-25-39)44(65-31-38-22-12-5-13-23-38)43(64-30-37-20-10-4-11-21-37)42(68-51)34-63-29-36-18-8-3-9-19-36/h3-27,35,41-45,61H,28-34H2,1-2H3,(H,54,59)(H,55,60)(H,56,57)/t35-,41+,42-,43+,44+,45-,51-/m1/s1. The van der Waals surface area contributed by atoms with Crippen molar-refractivity contribution in [3.8, 4) is 0 Å². The van der Waals surface area contributed by atoms with Crippen LogP contribution in [0.5, 0.6) is 0 Å². The number of amides is 3. The van der Waals surface area contributed by atoms with Crippen molar-refractivity contribution in [2.24, 2.45) is 0 Å².